The van der Waals surface area contributed by atoms with Crippen LogP contribution in [0.2, 0.25) is 0 Å². The van der Waals surface area contributed by atoms with E-state index in [-0.39, 0.29) is 35.7 Å². The monoisotopic (exact) mass is 463 g/mol. The number of benzene rings is 3. The number of nitrogens with one attached hydrogen (secondary N) is 1. The van der Waals surface area contributed by atoms with E-state index in [9.17, 15) is 19.7 Å². The highest BCUT2D eigenvalue weighted by atomic mass is 32.2. The lowest BCUT2D eigenvalue weighted by atomic mass is 10.1. The Labute approximate surface area is 194 Å². The van der Waals surface area contributed by atoms with Gasteiger partial charge in [0.25, 0.3) is 5.69 Å². The third kappa shape index (κ3) is 5.15. The number of anilines is 2. The highest BCUT2D eigenvalue weighted by molar-refractivity contribution is 7.99. The first-order valence-electron chi connectivity index (χ1n) is 10.2. The van der Waals surface area contributed by atoms with Gasteiger partial charge in [0.15, 0.2) is 0 Å². The largest absolute Gasteiger partial charge is 0.497 e. The molecular weight excluding hydrogens is 442 g/mol. The molecule has 0 aromatic heterocycles. The predicted molar refractivity (Wildman–Crippen MR) is 127 cm³/mol. The van der Waals surface area contributed by atoms with Gasteiger partial charge < -0.3 is 15.0 Å². The zero-order valence-electron chi connectivity index (χ0n) is 17.8. The van der Waals surface area contributed by atoms with Crippen LogP contribution >= 0.6 is 11.8 Å². The zero-order chi connectivity index (χ0) is 23.4. The van der Waals surface area contributed by atoms with Crippen LogP contribution in [0.4, 0.5) is 17.1 Å². The molecule has 33 heavy (non-hydrogen) atoms. The first-order valence-corrected chi connectivity index (χ1v) is 11.1. The van der Waals surface area contributed by atoms with Gasteiger partial charge in [-0.25, -0.2) is 0 Å². The van der Waals surface area contributed by atoms with E-state index in [0.29, 0.717) is 11.4 Å². The van der Waals surface area contributed by atoms with Crippen molar-refractivity contribution in [2.75, 3.05) is 23.9 Å². The summed E-state index contributed by atoms with van der Waals surface area (Å²) >= 11 is 1.59. The summed E-state index contributed by atoms with van der Waals surface area (Å²) in [6.45, 7) is -0.164. The molecule has 1 unspecified atom stereocenters. The fourth-order valence-electron chi connectivity index (χ4n) is 3.57. The van der Waals surface area contributed by atoms with Gasteiger partial charge in [0.05, 0.1) is 17.7 Å². The van der Waals surface area contributed by atoms with Gasteiger partial charge in [0.2, 0.25) is 11.8 Å². The van der Waals surface area contributed by atoms with Gasteiger partial charge in [-0.05, 0) is 42.0 Å². The summed E-state index contributed by atoms with van der Waals surface area (Å²) in [5, 5.41) is 13.4. The number of thioether (sulfide) groups is 1. The SMILES string of the molecule is COc1ccc(C2CC(=O)N(CC(=O)Nc3ccc([N+](=O)[O-])cc3)c3ccccc3S2)cc1. The number of carbonyl (C=O) groups excluding carboxylic acids is 2. The summed E-state index contributed by atoms with van der Waals surface area (Å²) in [5.74, 6) is 0.195. The summed E-state index contributed by atoms with van der Waals surface area (Å²) in [6, 6.07) is 20.7. The summed E-state index contributed by atoms with van der Waals surface area (Å²) in [7, 11) is 1.61. The Morgan fingerprint density at radius 2 is 1.82 bits per heavy atom. The first kappa shape index (κ1) is 22.3. The number of nitrogens with zero attached hydrogens (tertiary/aromatic N) is 2. The van der Waals surface area contributed by atoms with E-state index in [1.807, 2.05) is 48.5 Å². The van der Waals surface area contributed by atoms with Crippen LogP contribution < -0.4 is 15.0 Å². The Kier molecular flexibility index (Phi) is 6.60. The van der Waals surface area contributed by atoms with E-state index in [4.69, 9.17) is 4.74 Å². The minimum Gasteiger partial charge on any atom is -0.497 e. The number of para-hydroxylation sites is 1. The van der Waals surface area contributed by atoms with Crippen molar-refractivity contribution in [1.29, 1.82) is 0 Å². The lowest BCUT2D eigenvalue weighted by molar-refractivity contribution is -0.384. The number of nitro groups is 1. The molecule has 0 bridgehead atoms. The average Bonchev–Trinajstić information content (AvgIpc) is 2.96. The summed E-state index contributed by atoms with van der Waals surface area (Å²) < 4.78 is 5.23. The summed E-state index contributed by atoms with van der Waals surface area (Å²) in [5.41, 5.74) is 2.04. The standard InChI is InChI=1S/C24H21N3O5S/c1-32-19-12-6-16(7-13-19)22-14-24(29)26(20-4-2-3-5-21(20)33-22)15-23(28)25-17-8-10-18(11-9-17)27(30)31/h2-13,22H,14-15H2,1H3,(H,25,28). The van der Waals surface area contributed by atoms with Crippen LogP contribution in [0.25, 0.3) is 0 Å². The fourth-order valence-corrected chi connectivity index (χ4v) is 4.85. The number of ether oxygens (including phenoxy) is 1. The zero-order valence-corrected chi connectivity index (χ0v) is 18.6. The fraction of sp³-hybridized carbons (Fsp3) is 0.167. The predicted octanol–water partition coefficient (Wildman–Crippen LogP) is 4.81. The van der Waals surface area contributed by atoms with E-state index in [0.717, 1.165) is 16.2 Å². The smallest absolute Gasteiger partial charge is 0.269 e. The number of rotatable bonds is 6. The molecule has 3 aromatic carbocycles. The van der Waals surface area contributed by atoms with E-state index in [1.165, 1.54) is 29.2 Å². The first-order chi connectivity index (χ1) is 15.9. The Balaban J connectivity index is 1.53. The number of methoxy groups -OCH3 is 1. The molecule has 0 saturated heterocycles. The molecule has 1 aliphatic heterocycles. The normalized spacial score (nSPS) is 15.4. The second-order valence-electron chi connectivity index (χ2n) is 7.38. The quantitative estimate of drug-likeness (QED) is 0.416. The molecular formula is C24H21N3O5S. The molecule has 2 amide bonds. The van der Waals surface area contributed by atoms with Crippen LogP contribution in [0.3, 0.4) is 0 Å². The minimum atomic E-state index is -0.505. The number of hydrogen-bond acceptors (Lipinski definition) is 6. The third-order valence-corrected chi connectivity index (χ3v) is 6.56. The molecule has 0 spiro atoms. The minimum absolute atomic E-state index is 0.0637. The molecule has 1 N–H and O–H groups in total. The van der Waals surface area contributed by atoms with Crippen molar-refractivity contribution in [1.82, 2.24) is 0 Å². The number of fused-ring (bicyclic) bond motifs is 1. The van der Waals surface area contributed by atoms with Crippen molar-refractivity contribution in [2.24, 2.45) is 0 Å². The van der Waals surface area contributed by atoms with E-state index in [2.05, 4.69) is 5.32 Å². The number of non-ortho nitro benzene ring substituents is 1. The maximum atomic E-state index is 13.2. The van der Waals surface area contributed by atoms with Crippen molar-refractivity contribution in [2.45, 2.75) is 16.6 Å². The second kappa shape index (κ2) is 9.74. The van der Waals surface area contributed by atoms with Crippen molar-refractivity contribution < 1.29 is 19.2 Å². The lowest BCUT2D eigenvalue weighted by Gasteiger charge is -2.22. The number of amides is 2. The molecule has 9 heteroatoms. The van der Waals surface area contributed by atoms with Crippen LogP contribution in [0.15, 0.2) is 77.7 Å². The second-order valence-corrected chi connectivity index (χ2v) is 8.63. The van der Waals surface area contributed by atoms with Crippen molar-refractivity contribution >= 4 is 40.6 Å². The molecule has 0 fully saturated rings. The van der Waals surface area contributed by atoms with Gasteiger partial charge in [-0.15, -0.1) is 11.8 Å². The molecule has 1 atom stereocenters. The summed E-state index contributed by atoms with van der Waals surface area (Å²) in [4.78, 5) is 38.7. The Bertz CT molecular complexity index is 1180. The average molecular weight is 464 g/mol. The number of carbonyl (C=O) groups is 2. The van der Waals surface area contributed by atoms with Crippen LogP contribution in [-0.4, -0.2) is 30.4 Å². The Hall–Kier alpha value is -3.85. The molecule has 1 aliphatic rings. The van der Waals surface area contributed by atoms with Gasteiger partial charge in [-0.1, -0.05) is 24.3 Å². The molecule has 8 nitrogen and oxygen atoms in total. The van der Waals surface area contributed by atoms with Gasteiger partial charge in [0.1, 0.15) is 12.3 Å². The Morgan fingerprint density at radius 3 is 2.48 bits per heavy atom. The van der Waals surface area contributed by atoms with Gasteiger partial charge in [-0.2, -0.15) is 0 Å². The third-order valence-electron chi connectivity index (χ3n) is 5.24. The molecule has 4 rings (SSSR count). The van der Waals surface area contributed by atoms with Crippen LogP contribution in [0.1, 0.15) is 17.2 Å². The maximum absolute atomic E-state index is 13.2. The maximum Gasteiger partial charge on any atom is 0.269 e. The molecule has 1 heterocycles. The summed E-state index contributed by atoms with van der Waals surface area (Å²) in [6.07, 6.45) is 0.233. The van der Waals surface area contributed by atoms with Gasteiger partial charge >= 0.3 is 0 Å². The highest BCUT2D eigenvalue weighted by Crippen LogP contribution is 2.45. The molecule has 0 aliphatic carbocycles. The molecule has 0 saturated carbocycles. The van der Waals surface area contributed by atoms with E-state index in [1.54, 1.807) is 18.9 Å². The molecule has 0 radical (unpaired) electrons. The highest BCUT2D eigenvalue weighted by Gasteiger charge is 2.30. The number of nitro benzene ring substituents is 1. The van der Waals surface area contributed by atoms with Crippen LogP contribution in [0.5, 0.6) is 5.75 Å². The van der Waals surface area contributed by atoms with Crippen molar-refractivity contribution in [3.63, 3.8) is 0 Å². The molecule has 168 valence electrons. The van der Waals surface area contributed by atoms with Crippen LogP contribution in [-0.2, 0) is 9.59 Å². The van der Waals surface area contributed by atoms with Gasteiger partial charge in [0, 0.05) is 34.4 Å². The van der Waals surface area contributed by atoms with Crippen molar-refractivity contribution in [3.05, 3.63) is 88.5 Å². The van der Waals surface area contributed by atoms with Gasteiger partial charge in [-0.3, -0.25) is 19.7 Å². The lowest BCUT2D eigenvalue weighted by Crippen LogP contribution is -2.38. The molecule has 3 aromatic rings. The van der Waals surface area contributed by atoms with Crippen LogP contribution in [0, 0.1) is 10.1 Å². The topological polar surface area (TPSA) is 102 Å². The van der Waals surface area contributed by atoms with Crippen molar-refractivity contribution in [3.8, 4) is 5.75 Å². The van der Waals surface area contributed by atoms with E-state index >= 15 is 0 Å². The number of hydrogen-bond donors (Lipinski definition) is 1. The van der Waals surface area contributed by atoms with E-state index < -0.39 is 4.92 Å². The Morgan fingerprint density at radius 1 is 1.12 bits per heavy atom.